The minimum absolute atomic E-state index is 0.0247. The second-order valence-electron chi connectivity index (χ2n) is 14.3. The first-order valence-corrected chi connectivity index (χ1v) is 23.7. The fourth-order valence-electron chi connectivity index (χ4n) is 5.39. The lowest BCUT2D eigenvalue weighted by atomic mass is 10.1. The van der Waals surface area contributed by atoms with Crippen LogP contribution < -0.4 is 0 Å². The van der Waals surface area contributed by atoms with Gasteiger partial charge in [0, 0.05) is 13.0 Å². The third kappa shape index (κ3) is 43.0. The van der Waals surface area contributed by atoms with E-state index in [-0.39, 0.29) is 13.0 Å². The summed E-state index contributed by atoms with van der Waals surface area (Å²) in [6.07, 6.45) is 55.1. The third-order valence-corrected chi connectivity index (χ3v) is 9.69. The van der Waals surface area contributed by atoms with Gasteiger partial charge in [0.1, 0.15) is 12.2 Å². The summed E-state index contributed by atoms with van der Waals surface area (Å²) in [5, 5.41) is 18.4. The number of hydrogen-bond acceptors (Lipinski definition) is 8. The largest absolute Gasteiger partial charge is 0.472 e. The van der Waals surface area contributed by atoms with Crippen LogP contribution in [0.15, 0.2) is 97.2 Å². The first-order chi connectivity index (χ1) is 28.3. The highest BCUT2D eigenvalue weighted by molar-refractivity contribution is 7.47. The molecule has 0 aromatic rings. The van der Waals surface area contributed by atoms with Crippen molar-refractivity contribution in [2.45, 2.75) is 167 Å². The van der Waals surface area contributed by atoms with E-state index in [0.717, 1.165) is 103 Å². The summed E-state index contributed by atoms with van der Waals surface area (Å²) in [5.74, 6) is -0.415. The molecule has 58 heavy (non-hydrogen) atoms. The van der Waals surface area contributed by atoms with Gasteiger partial charge in [-0.2, -0.15) is 0 Å². The maximum atomic E-state index is 12.6. The van der Waals surface area contributed by atoms with Crippen molar-refractivity contribution in [2.75, 3.05) is 33.0 Å². The molecule has 9 nitrogen and oxygen atoms in total. The van der Waals surface area contributed by atoms with Crippen LogP contribution in [0.2, 0.25) is 0 Å². The molecule has 0 fully saturated rings. The number of carbonyl (C=O) groups excluding carboxylic acids is 1. The molecule has 0 spiro atoms. The molecule has 0 rings (SSSR count). The van der Waals surface area contributed by atoms with Crippen molar-refractivity contribution in [3.05, 3.63) is 97.2 Å². The average Bonchev–Trinajstić information content (AvgIpc) is 3.21. The second-order valence-corrected chi connectivity index (χ2v) is 15.8. The van der Waals surface area contributed by atoms with Crippen molar-refractivity contribution in [3.8, 4) is 0 Å². The number of allylic oxidation sites excluding steroid dienone is 16. The van der Waals surface area contributed by atoms with Crippen molar-refractivity contribution >= 4 is 13.8 Å². The SMILES string of the molecule is CC/C=C\C/C=C\C/C=C\C/C=C\C/C=C\C/C=C\CCCCCCC(=O)OC(COCCCCCCCC/C=C\C/C=C\CCC)COP(=O)(O)OCC(O)CO. The maximum Gasteiger partial charge on any atom is 0.472 e. The predicted molar refractivity (Wildman–Crippen MR) is 242 cm³/mol. The number of hydrogen-bond donors (Lipinski definition) is 3. The minimum Gasteiger partial charge on any atom is -0.457 e. The highest BCUT2D eigenvalue weighted by Gasteiger charge is 2.26. The van der Waals surface area contributed by atoms with Gasteiger partial charge < -0.3 is 24.6 Å². The Morgan fingerprint density at radius 2 is 0.983 bits per heavy atom. The number of carbonyl (C=O) groups is 1. The summed E-state index contributed by atoms with van der Waals surface area (Å²) < 4.78 is 33.3. The molecule has 0 radical (unpaired) electrons. The van der Waals surface area contributed by atoms with Crippen LogP contribution >= 0.6 is 7.82 Å². The molecular weight excluding hydrogens is 751 g/mol. The van der Waals surface area contributed by atoms with Crippen LogP contribution in [-0.2, 0) is 27.9 Å². The van der Waals surface area contributed by atoms with Crippen molar-refractivity contribution in [1.82, 2.24) is 0 Å². The fourth-order valence-corrected chi connectivity index (χ4v) is 6.18. The standard InChI is InChI=1S/C48H81O9P/c1-3-5-7-9-11-13-15-17-19-20-21-22-23-24-25-26-27-28-30-32-34-36-38-40-48(51)57-47(45-56-58(52,53)55-43-46(50)42-49)44-54-41-39-37-35-33-31-29-18-16-14-12-10-8-6-4-2/h5,7-8,10-11,13-14,16-17,19,21-22,24-25,27-28,46-47,49-50H,3-4,6,9,12,15,18,20,23,26,29-45H2,1-2H3,(H,52,53)/b7-5-,10-8-,13-11-,16-14-,19-17-,22-21-,25-24-,28-27-. The van der Waals surface area contributed by atoms with Gasteiger partial charge in [0.15, 0.2) is 0 Å². The molecule has 0 amide bonds. The van der Waals surface area contributed by atoms with Crippen LogP contribution in [0.25, 0.3) is 0 Å². The molecule has 3 N–H and O–H groups in total. The van der Waals surface area contributed by atoms with E-state index in [1.807, 2.05) is 0 Å². The highest BCUT2D eigenvalue weighted by Crippen LogP contribution is 2.43. The zero-order chi connectivity index (χ0) is 42.5. The van der Waals surface area contributed by atoms with Crippen molar-refractivity contribution in [2.24, 2.45) is 0 Å². The van der Waals surface area contributed by atoms with Gasteiger partial charge in [-0.3, -0.25) is 13.8 Å². The van der Waals surface area contributed by atoms with Gasteiger partial charge in [-0.1, -0.05) is 156 Å². The van der Waals surface area contributed by atoms with E-state index in [1.54, 1.807) is 0 Å². The number of rotatable bonds is 41. The monoisotopic (exact) mass is 833 g/mol. The number of esters is 1. The van der Waals surface area contributed by atoms with E-state index < -0.39 is 45.8 Å². The molecule has 0 aliphatic carbocycles. The van der Waals surface area contributed by atoms with E-state index in [2.05, 4.69) is 111 Å². The van der Waals surface area contributed by atoms with Crippen LogP contribution in [0.3, 0.4) is 0 Å². The van der Waals surface area contributed by atoms with Gasteiger partial charge in [0.25, 0.3) is 0 Å². The topological polar surface area (TPSA) is 132 Å². The molecule has 0 aromatic carbocycles. The summed E-state index contributed by atoms with van der Waals surface area (Å²) in [6.45, 7) is 3.25. The molecule has 0 heterocycles. The van der Waals surface area contributed by atoms with Gasteiger partial charge in [-0.05, 0) is 89.9 Å². The number of aliphatic hydroxyl groups is 2. The molecule has 0 saturated carbocycles. The Morgan fingerprint density at radius 3 is 1.48 bits per heavy atom. The summed E-state index contributed by atoms with van der Waals surface area (Å²) in [5.41, 5.74) is 0. The zero-order valence-corrected chi connectivity index (χ0v) is 37.1. The zero-order valence-electron chi connectivity index (χ0n) is 36.2. The lowest BCUT2D eigenvalue weighted by Crippen LogP contribution is -2.29. The first kappa shape index (κ1) is 55.4. The second kappa shape index (κ2) is 43.9. The number of aliphatic hydroxyl groups excluding tert-OH is 2. The predicted octanol–water partition coefficient (Wildman–Crippen LogP) is 12.5. The highest BCUT2D eigenvalue weighted by atomic mass is 31.2. The van der Waals surface area contributed by atoms with Gasteiger partial charge in [-0.25, -0.2) is 4.57 Å². The quantitative estimate of drug-likeness (QED) is 0.0238. The van der Waals surface area contributed by atoms with Gasteiger partial charge in [-0.15, -0.1) is 0 Å². The van der Waals surface area contributed by atoms with Crippen molar-refractivity contribution < 1.29 is 43.0 Å². The summed E-state index contributed by atoms with van der Waals surface area (Å²) in [7, 11) is -4.54. The Hall–Kier alpha value is -2.62. The number of phosphoric acid groups is 1. The molecule has 3 unspecified atom stereocenters. The van der Waals surface area contributed by atoms with E-state index in [0.29, 0.717) is 13.0 Å². The van der Waals surface area contributed by atoms with E-state index >= 15 is 0 Å². The van der Waals surface area contributed by atoms with Crippen LogP contribution in [0, 0.1) is 0 Å². The van der Waals surface area contributed by atoms with Crippen LogP contribution in [-0.4, -0.2) is 66.3 Å². The Kier molecular flexibility index (Phi) is 42.0. The van der Waals surface area contributed by atoms with E-state index in [1.165, 1.54) is 25.7 Å². The van der Waals surface area contributed by atoms with Crippen molar-refractivity contribution in [1.29, 1.82) is 0 Å². The molecule has 0 aromatic heterocycles. The molecule has 0 aliphatic rings. The molecule has 0 bridgehead atoms. The lowest BCUT2D eigenvalue weighted by molar-refractivity contribution is -0.154. The summed E-state index contributed by atoms with van der Waals surface area (Å²) in [4.78, 5) is 22.6. The third-order valence-electron chi connectivity index (χ3n) is 8.73. The van der Waals surface area contributed by atoms with Gasteiger partial charge in [0.05, 0.1) is 26.4 Å². The molecular formula is C48H81O9P. The summed E-state index contributed by atoms with van der Waals surface area (Å²) in [6, 6.07) is 0. The molecule has 332 valence electrons. The Morgan fingerprint density at radius 1 is 0.552 bits per heavy atom. The Balaban J connectivity index is 4.25. The van der Waals surface area contributed by atoms with Gasteiger partial charge >= 0.3 is 13.8 Å². The van der Waals surface area contributed by atoms with Crippen molar-refractivity contribution in [3.63, 3.8) is 0 Å². The lowest BCUT2D eigenvalue weighted by Gasteiger charge is -2.20. The minimum atomic E-state index is -4.54. The molecule has 10 heteroatoms. The molecule has 3 atom stereocenters. The summed E-state index contributed by atoms with van der Waals surface area (Å²) >= 11 is 0. The number of ether oxygens (including phenoxy) is 2. The Bertz CT molecular complexity index is 1220. The maximum absolute atomic E-state index is 12.6. The van der Waals surface area contributed by atoms with E-state index in [4.69, 9.17) is 23.6 Å². The van der Waals surface area contributed by atoms with Gasteiger partial charge in [0.2, 0.25) is 0 Å². The number of unbranched alkanes of at least 4 members (excludes halogenated alkanes) is 11. The fraction of sp³-hybridized carbons (Fsp3) is 0.646. The van der Waals surface area contributed by atoms with Crippen LogP contribution in [0.5, 0.6) is 0 Å². The molecule has 0 saturated heterocycles. The normalized spacial score (nSPS) is 14.9. The van der Waals surface area contributed by atoms with E-state index in [9.17, 15) is 19.4 Å². The van der Waals surface area contributed by atoms with Crippen LogP contribution in [0.1, 0.15) is 155 Å². The first-order valence-electron chi connectivity index (χ1n) is 22.2. The Labute approximate surface area is 353 Å². The molecule has 0 aliphatic heterocycles. The average molecular weight is 833 g/mol. The number of phosphoric ester groups is 1. The smallest absolute Gasteiger partial charge is 0.457 e. The van der Waals surface area contributed by atoms with Crippen LogP contribution in [0.4, 0.5) is 0 Å².